The monoisotopic (exact) mass is 196 g/mol. The molecule has 0 aromatic rings. The molecule has 1 rings (SSSR count). The van der Waals surface area contributed by atoms with E-state index in [1.54, 1.807) is 0 Å². The summed E-state index contributed by atoms with van der Waals surface area (Å²) in [7, 11) is 0. The van der Waals surface area contributed by atoms with Gasteiger partial charge in [0.25, 0.3) is 0 Å². The summed E-state index contributed by atoms with van der Waals surface area (Å²) in [6.07, 6.45) is -7.02. The molecular formula is C6H12O7. The minimum Gasteiger partial charge on any atom is -0.394 e. The van der Waals surface area contributed by atoms with E-state index in [4.69, 9.17) is 15.5 Å². The number of ether oxygens (including phenoxy) is 1. The second-order valence-corrected chi connectivity index (χ2v) is 2.80. The first-order valence-corrected chi connectivity index (χ1v) is 3.72. The van der Waals surface area contributed by atoms with Crippen molar-refractivity contribution < 1.29 is 35.3 Å². The number of hydrogen-bond acceptors (Lipinski definition) is 7. The molecule has 7 heteroatoms. The van der Waals surface area contributed by atoms with Crippen LogP contribution < -0.4 is 0 Å². The molecule has 0 radical (unpaired) electrons. The molecule has 0 bridgehead atoms. The first-order valence-electron chi connectivity index (χ1n) is 3.72. The minimum absolute atomic E-state index is 0.548. The second kappa shape index (κ2) is 4.29. The Labute approximate surface area is 73.7 Å². The average molecular weight is 196 g/mol. The molecule has 5 atom stereocenters. The van der Waals surface area contributed by atoms with Gasteiger partial charge in [0.05, 0.1) is 6.61 Å². The summed E-state index contributed by atoms with van der Waals surface area (Å²) in [5.41, 5.74) is 0. The van der Waals surface area contributed by atoms with Crippen LogP contribution in [0.15, 0.2) is 0 Å². The molecule has 13 heavy (non-hydrogen) atoms. The van der Waals surface area contributed by atoms with Crippen LogP contribution in [0.25, 0.3) is 0 Å². The fourth-order valence-electron chi connectivity index (χ4n) is 1.19. The van der Waals surface area contributed by atoms with Crippen molar-refractivity contribution in [2.45, 2.75) is 30.7 Å². The van der Waals surface area contributed by atoms with Crippen molar-refractivity contribution in [3.63, 3.8) is 0 Å². The van der Waals surface area contributed by atoms with E-state index < -0.39 is 37.3 Å². The van der Waals surface area contributed by atoms with E-state index in [1.807, 2.05) is 0 Å². The maximum Gasteiger partial charge on any atom is 0.187 e. The SMILES string of the molecule is OC[C@H]1O[C@@H](O)[C@H](OO)[C@@H](O)[C@H]1O. The molecule has 1 fully saturated rings. The molecular weight excluding hydrogens is 184 g/mol. The van der Waals surface area contributed by atoms with Gasteiger partial charge in [0.2, 0.25) is 0 Å². The fourth-order valence-corrected chi connectivity index (χ4v) is 1.19. The summed E-state index contributed by atoms with van der Waals surface area (Å²) >= 11 is 0. The van der Waals surface area contributed by atoms with Gasteiger partial charge in [0, 0.05) is 0 Å². The largest absolute Gasteiger partial charge is 0.394 e. The third-order valence-corrected chi connectivity index (χ3v) is 1.96. The van der Waals surface area contributed by atoms with Gasteiger partial charge in [-0.05, 0) is 0 Å². The van der Waals surface area contributed by atoms with E-state index in [0.717, 1.165) is 0 Å². The van der Waals surface area contributed by atoms with E-state index in [2.05, 4.69) is 9.62 Å². The molecule has 7 nitrogen and oxygen atoms in total. The van der Waals surface area contributed by atoms with Crippen molar-refractivity contribution in [2.75, 3.05) is 6.61 Å². The van der Waals surface area contributed by atoms with Crippen molar-refractivity contribution >= 4 is 0 Å². The molecule has 5 N–H and O–H groups in total. The van der Waals surface area contributed by atoms with E-state index in [9.17, 15) is 10.2 Å². The Bertz CT molecular complexity index is 163. The predicted molar refractivity (Wildman–Crippen MR) is 37.5 cm³/mol. The van der Waals surface area contributed by atoms with E-state index >= 15 is 0 Å². The van der Waals surface area contributed by atoms with Crippen LogP contribution in [0.2, 0.25) is 0 Å². The van der Waals surface area contributed by atoms with Crippen LogP contribution in [0.4, 0.5) is 0 Å². The predicted octanol–water partition coefficient (Wildman–Crippen LogP) is -2.72. The zero-order valence-corrected chi connectivity index (χ0v) is 6.65. The van der Waals surface area contributed by atoms with Crippen molar-refractivity contribution in [1.29, 1.82) is 0 Å². The maximum atomic E-state index is 9.22. The highest BCUT2D eigenvalue weighted by Gasteiger charge is 2.44. The number of hydrogen-bond donors (Lipinski definition) is 5. The van der Waals surface area contributed by atoms with Crippen molar-refractivity contribution in [2.24, 2.45) is 0 Å². The van der Waals surface area contributed by atoms with Gasteiger partial charge in [-0.1, -0.05) is 0 Å². The summed E-state index contributed by atoms with van der Waals surface area (Å²) in [6, 6.07) is 0. The Morgan fingerprint density at radius 1 is 1.15 bits per heavy atom. The molecule has 0 aromatic carbocycles. The third kappa shape index (κ3) is 1.97. The lowest BCUT2D eigenvalue weighted by molar-refractivity contribution is -0.381. The summed E-state index contributed by atoms with van der Waals surface area (Å²) in [4.78, 5) is 3.71. The summed E-state index contributed by atoms with van der Waals surface area (Å²) in [5, 5.41) is 44.4. The number of rotatable bonds is 2. The molecule has 1 saturated heterocycles. The molecule has 0 aliphatic carbocycles. The Kier molecular flexibility index (Phi) is 3.56. The highest BCUT2D eigenvalue weighted by atomic mass is 17.1. The first-order chi connectivity index (χ1) is 6.11. The molecule has 1 aliphatic heterocycles. The van der Waals surface area contributed by atoms with Crippen LogP contribution in [0.1, 0.15) is 0 Å². The van der Waals surface area contributed by atoms with E-state index in [-0.39, 0.29) is 0 Å². The Hall–Kier alpha value is -0.280. The smallest absolute Gasteiger partial charge is 0.187 e. The van der Waals surface area contributed by atoms with Gasteiger partial charge < -0.3 is 25.2 Å². The highest BCUT2D eigenvalue weighted by molar-refractivity contribution is 4.88. The molecule has 0 unspecified atom stereocenters. The molecule has 1 aliphatic rings. The van der Waals surface area contributed by atoms with Gasteiger partial charge in [-0.25, -0.2) is 4.89 Å². The molecule has 0 saturated carbocycles. The van der Waals surface area contributed by atoms with Gasteiger partial charge in [-0.2, -0.15) is 0 Å². The lowest BCUT2D eigenvalue weighted by atomic mass is 9.99. The minimum atomic E-state index is -1.58. The van der Waals surface area contributed by atoms with Crippen molar-refractivity contribution in [3.05, 3.63) is 0 Å². The van der Waals surface area contributed by atoms with E-state index in [1.165, 1.54) is 0 Å². The lowest BCUT2D eigenvalue weighted by Crippen LogP contribution is -2.59. The molecule has 0 amide bonds. The van der Waals surface area contributed by atoms with Gasteiger partial charge in [-0.3, -0.25) is 5.26 Å². The normalized spacial score (nSPS) is 46.4. The Morgan fingerprint density at radius 2 is 1.77 bits per heavy atom. The summed E-state index contributed by atoms with van der Waals surface area (Å²) < 4.78 is 4.63. The Balaban J connectivity index is 2.66. The first kappa shape index (κ1) is 10.8. The zero-order valence-electron chi connectivity index (χ0n) is 6.65. The van der Waals surface area contributed by atoms with Gasteiger partial charge in [-0.15, -0.1) is 0 Å². The van der Waals surface area contributed by atoms with Crippen LogP contribution in [0, 0.1) is 0 Å². The molecule has 0 spiro atoms. The quantitative estimate of drug-likeness (QED) is 0.240. The number of aliphatic hydroxyl groups excluding tert-OH is 4. The maximum absolute atomic E-state index is 9.22. The highest BCUT2D eigenvalue weighted by Crippen LogP contribution is 2.21. The van der Waals surface area contributed by atoms with Crippen LogP contribution in [0.3, 0.4) is 0 Å². The second-order valence-electron chi connectivity index (χ2n) is 2.80. The van der Waals surface area contributed by atoms with Crippen LogP contribution in [-0.2, 0) is 9.62 Å². The topological polar surface area (TPSA) is 120 Å². The number of aliphatic hydroxyl groups is 4. The fraction of sp³-hybridized carbons (Fsp3) is 1.00. The Morgan fingerprint density at radius 3 is 2.23 bits per heavy atom. The van der Waals surface area contributed by atoms with Crippen molar-refractivity contribution in [3.8, 4) is 0 Å². The molecule has 0 aromatic heterocycles. The van der Waals surface area contributed by atoms with Crippen molar-refractivity contribution in [1.82, 2.24) is 0 Å². The third-order valence-electron chi connectivity index (χ3n) is 1.96. The zero-order chi connectivity index (χ0) is 10.0. The van der Waals surface area contributed by atoms with Gasteiger partial charge in [0.1, 0.15) is 18.3 Å². The van der Waals surface area contributed by atoms with Gasteiger partial charge >= 0.3 is 0 Å². The standard InChI is InChI=1S/C6H12O7/c7-1-2-3(8)4(9)5(13-11)6(10)12-2/h2-11H,1H2/t2-,3+,4+,5-,6-/m1/s1. The summed E-state index contributed by atoms with van der Waals surface area (Å²) in [5.74, 6) is 0. The van der Waals surface area contributed by atoms with Crippen LogP contribution in [-0.4, -0.2) is 63.0 Å². The lowest BCUT2D eigenvalue weighted by Gasteiger charge is -2.38. The molecule has 78 valence electrons. The summed E-state index contributed by atoms with van der Waals surface area (Å²) in [6.45, 7) is -0.548. The van der Waals surface area contributed by atoms with Crippen LogP contribution >= 0.6 is 0 Å². The van der Waals surface area contributed by atoms with E-state index in [0.29, 0.717) is 0 Å². The molecule has 1 heterocycles. The van der Waals surface area contributed by atoms with Crippen LogP contribution in [0.5, 0.6) is 0 Å². The van der Waals surface area contributed by atoms with Gasteiger partial charge in [0.15, 0.2) is 12.4 Å². The average Bonchev–Trinajstić information content (AvgIpc) is 2.12.